The van der Waals surface area contributed by atoms with E-state index in [1.807, 2.05) is 6.07 Å². The van der Waals surface area contributed by atoms with Crippen LogP contribution in [0.3, 0.4) is 0 Å². The van der Waals surface area contributed by atoms with E-state index < -0.39 is 0 Å². The van der Waals surface area contributed by atoms with Crippen LogP contribution in [0, 0.1) is 23.6 Å². The molecular weight excluding hydrogens is 383 g/mol. The minimum atomic E-state index is 0.0932. The average Bonchev–Trinajstić information content (AvgIpc) is 2.79. The molecule has 5 unspecified atom stereocenters. The van der Waals surface area contributed by atoms with Crippen LogP contribution in [0.2, 0.25) is 0 Å². The first-order valence-electron chi connectivity index (χ1n) is 13.6. The maximum absolute atomic E-state index is 15.1. The lowest BCUT2D eigenvalue weighted by molar-refractivity contribution is -0.0163. The molecule has 3 aliphatic rings. The van der Waals surface area contributed by atoms with Crippen molar-refractivity contribution in [2.75, 3.05) is 6.61 Å². The lowest BCUT2D eigenvalue weighted by atomic mass is 9.65. The van der Waals surface area contributed by atoms with Gasteiger partial charge in [-0.05, 0) is 111 Å². The van der Waals surface area contributed by atoms with E-state index in [4.69, 9.17) is 4.74 Å². The standard InChI is InChI=1S/C29H45FO/c1-3-5-6-7-15-31-27-14-13-22-17-23(11-12-24(22)19-27)26-18-25-10-9-21(8-4-2)16-28(25)29(30)20-26/h18,20-24,27H,3-17,19H2,1-2H3. The van der Waals surface area contributed by atoms with Crippen molar-refractivity contribution in [3.63, 3.8) is 0 Å². The van der Waals surface area contributed by atoms with Crippen molar-refractivity contribution in [3.05, 3.63) is 34.6 Å². The lowest BCUT2D eigenvalue weighted by Gasteiger charge is -2.42. The van der Waals surface area contributed by atoms with E-state index in [1.165, 1.54) is 94.6 Å². The highest BCUT2D eigenvalue weighted by atomic mass is 19.1. The predicted octanol–water partition coefficient (Wildman–Crippen LogP) is 8.38. The first kappa shape index (κ1) is 23.3. The smallest absolute Gasteiger partial charge is 0.126 e. The van der Waals surface area contributed by atoms with E-state index in [2.05, 4.69) is 19.9 Å². The van der Waals surface area contributed by atoms with Gasteiger partial charge in [0.25, 0.3) is 0 Å². The van der Waals surface area contributed by atoms with Gasteiger partial charge in [0.05, 0.1) is 6.10 Å². The second-order valence-corrected chi connectivity index (χ2v) is 10.9. The zero-order valence-corrected chi connectivity index (χ0v) is 20.1. The van der Waals surface area contributed by atoms with E-state index >= 15 is 4.39 Å². The Morgan fingerprint density at radius 2 is 1.74 bits per heavy atom. The van der Waals surface area contributed by atoms with Crippen LogP contribution in [0.1, 0.15) is 120 Å². The summed E-state index contributed by atoms with van der Waals surface area (Å²) >= 11 is 0. The summed E-state index contributed by atoms with van der Waals surface area (Å²) in [5.74, 6) is 3.02. The van der Waals surface area contributed by atoms with Crippen molar-refractivity contribution in [1.82, 2.24) is 0 Å². The van der Waals surface area contributed by atoms with Gasteiger partial charge in [-0.25, -0.2) is 4.39 Å². The molecule has 0 aromatic heterocycles. The minimum Gasteiger partial charge on any atom is -0.378 e. The molecule has 2 fully saturated rings. The molecule has 0 radical (unpaired) electrons. The van der Waals surface area contributed by atoms with Gasteiger partial charge in [0.15, 0.2) is 0 Å². The van der Waals surface area contributed by atoms with Crippen LogP contribution in [0.4, 0.5) is 4.39 Å². The van der Waals surface area contributed by atoms with Gasteiger partial charge in [-0.15, -0.1) is 0 Å². The zero-order chi connectivity index (χ0) is 21.6. The molecule has 31 heavy (non-hydrogen) atoms. The highest BCUT2D eigenvalue weighted by Crippen LogP contribution is 2.47. The normalized spacial score (nSPS) is 30.6. The molecule has 174 valence electrons. The van der Waals surface area contributed by atoms with Crippen molar-refractivity contribution in [2.24, 2.45) is 17.8 Å². The molecule has 0 heterocycles. The number of hydrogen-bond acceptors (Lipinski definition) is 1. The summed E-state index contributed by atoms with van der Waals surface area (Å²) in [5, 5.41) is 0. The number of benzene rings is 1. The molecule has 3 aliphatic carbocycles. The first-order chi connectivity index (χ1) is 15.2. The topological polar surface area (TPSA) is 9.23 Å². The van der Waals surface area contributed by atoms with Crippen LogP contribution in [-0.4, -0.2) is 12.7 Å². The molecular formula is C29H45FO. The maximum Gasteiger partial charge on any atom is 0.126 e. The predicted molar refractivity (Wildman–Crippen MR) is 128 cm³/mol. The van der Waals surface area contributed by atoms with Crippen molar-refractivity contribution >= 4 is 0 Å². The SMILES string of the molecule is CCCCCCOC1CCC2CC(c3cc(F)c4c(c3)CCC(CCC)C4)CCC2C1. The molecule has 5 atom stereocenters. The van der Waals surface area contributed by atoms with Crippen LogP contribution in [-0.2, 0) is 17.6 Å². The van der Waals surface area contributed by atoms with E-state index in [0.29, 0.717) is 17.9 Å². The number of ether oxygens (including phenoxy) is 1. The third-order valence-electron chi connectivity index (χ3n) is 8.71. The van der Waals surface area contributed by atoms with Crippen LogP contribution in [0.15, 0.2) is 12.1 Å². The molecule has 0 saturated heterocycles. The van der Waals surface area contributed by atoms with Crippen LogP contribution < -0.4 is 0 Å². The molecule has 1 aromatic rings. The Labute approximate surface area is 190 Å². The Morgan fingerprint density at radius 1 is 0.903 bits per heavy atom. The van der Waals surface area contributed by atoms with E-state index in [-0.39, 0.29) is 5.82 Å². The minimum absolute atomic E-state index is 0.0932. The lowest BCUT2D eigenvalue weighted by Crippen LogP contribution is -2.34. The van der Waals surface area contributed by atoms with Gasteiger partial charge in [0.1, 0.15) is 5.82 Å². The summed E-state index contributed by atoms with van der Waals surface area (Å²) in [5.41, 5.74) is 3.67. The quantitative estimate of drug-likeness (QED) is 0.359. The van der Waals surface area contributed by atoms with Gasteiger partial charge >= 0.3 is 0 Å². The Morgan fingerprint density at radius 3 is 2.58 bits per heavy atom. The molecule has 0 N–H and O–H groups in total. The zero-order valence-electron chi connectivity index (χ0n) is 20.1. The summed E-state index contributed by atoms with van der Waals surface area (Å²) in [6.07, 6.45) is 19.1. The summed E-state index contributed by atoms with van der Waals surface area (Å²) in [4.78, 5) is 0. The fourth-order valence-corrected chi connectivity index (χ4v) is 6.89. The van der Waals surface area contributed by atoms with Gasteiger partial charge in [0, 0.05) is 6.61 Å². The fourth-order valence-electron chi connectivity index (χ4n) is 6.89. The Balaban J connectivity index is 1.30. The number of halogens is 1. The van der Waals surface area contributed by atoms with Crippen LogP contribution in [0.5, 0.6) is 0 Å². The molecule has 4 rings (SSSR count). The van der Waals surface area contributed by atoms with Gasteiger partial charge in [-0.1, -0.05) is 52.0 Å². The van der Waals surface area contributed by atoms with Crippen molar-refractivity contribution in [1.29, 1.82) is 0 Å². The molecule has 2 saturated carbocycles. The summed E-state index contributed by atoms with van der Waals surface area (Å²) in [6.45, 7) is 5.47. The summed E-state index contributed by atoms with van der Waals surface area (Å²) in [6, 6.07) is 4.32. The monoisotopic (exact) mass is 428 g/mol. The molecule has 0 amide bonds. The second kappa shape index (κ2) is 11.3. The van der Waals surface area contributed by atoms with Gasteiger partial charge < -0.3 is 4.74 Å². The van der Waals surface area contributed by atoms with Gasteiger partial charge in [0.2, 0.25) is 0 Å². The average molecular weight is 429 g/mol. The molecule has 2 heteroatoms. The number of unbranched alkanes of at least 4 members (excludes halogenated alkanes) is 3. The summed E-state index contributed by atoms with van der Waals surface area (Å²) in [7, 11) is 0. The molecule has 0 aliphatic heterocycles. The molecule has 1 nitrogen and oxygen atoms in total. The highest BCUT2D eigenvalue weighted by molar-refractivity contribution is 5.37. The largest absolute Gasteiger partial charge is 0.378 e. The third kappa shape index (κ3) is 5.92. The van der Waals surface area contributed by atoms with Crippen molar-refractivity contribution in [3.8, 4) is 0 Å². The Kier molecular flexibility index (Phi) is 8.49. The molecule has 0 spiro atoms. The van der Waals surface area contributed by atoms with E-state index in [1.54, 1.807) is 0 Å². The number of hydrogen-bond donors (Lipinski definition) is 0. The third-order valence-corrected chi connectivity index (χ3v) is 8.71. The fraction of sp³-hybridized carbons (Fsp3) is 0.793. The number of rotatable bonds is 9. The number of fused-ring (bicyclic) bond motifs is 2. The molecule has 0 bridgehead atoms. The van der Waals surface area contributed by atoms with Gasteiger partial charge in [-0.2, -0.15) is 0 Å². The maximum atomic E-state index is 15.1. The summed E-state index contributed by atoms with van der Waals surface area (Å²) < 4.78 is 21.3. The van der Waals surface area contributed by atoms with Crippen molar-refractivity contribution in [2.45, 2.75) is 122 Å². The van der Waals surface area contributed by atoms with Gasteiger partial charge in [-0.3, -0.25) is 0 Å². The Bertz CT molecular complexity index is 698. The van der Waals surface area contributed by atoms with Crippen molar-refractivity contribution < 1.29 is 9.13 Å². The van der Waals surface area contributed by atoms with E-state index in [0.717, 1.165) is 36.8 Å². The Hall–Kier alpha value is -0.890. The second-order valence-electron chi connectivity index (χ2n) is 10.9. The van der Waals surface area contributed by atoms with Crippen LogP contribution >= 0.6 is 0 Å². The highest BCUT2D eigenvalue weighted by Gasteiger charge is 2.36. The first-order valence-corrected chi connectivity index (χ1v) is 13.6. The van der Waals surface area contributed by atoms with Crippen LogP contribution in [0.25, 0.3) is 0 Å². The van der Waals surface area contributed by atoms with E-state index in [9.17, 15) is 0 Å². The molecule has 1 aromatic carbocycles. The number of aryl methyl sites for hydroxylation is 1.